The highest BCUT2D eigenvalue weighted by Crippen LogP contribution is 2.28. The Hall–Kier alpha value is -1.82. The molecule has 1 atom stereocenters. The molecule has 1 fully saturated rings. The van der Waals surface area contributed by atoms with E-state index in [2.05, 4.69) is 15.5 Å². The highest BCUT2D eigenvalue weighted by atomic mass is 35.5. The molecular formula is C17H13Cl2N3OS. The summed E-state index contributed by atoms with van der Waals surface area (Å²) in [7, 11) is 0. The third-order valence-corrected chi connectivity index (χ3v) is 5.02. The Kier molecular flexibility index (Phi) is 5.56. The van der Waals surface area contributed by atoms with E-state index >= 15 is 0 Å². The summed E-state index contributed by atoms with van der Waals surface area (Å²) in [4.78, 5) is 12.1. The number of nitrogens with zero attached hydrogens (tertiary/aromatic N) is 2. The molecule has 3 rings (SSSR count). The molecule has 1 aliphatic heterocycles. The van der Waals surface area contributed by atoms with Crippen LogP contribution in [0.1, 0.15) is 11.1 Å². The van der Waals surface area contributed by atoms with Crippen molar-refractivity contribution in [3.8, 4) is 0 Å². The van der Waals surface area contributed by atoms with Gasteiger partial charge in [0, 0.05) is 10.0 Å². The largest absolute Gasteiger partial charge is 0.303 e. The first-order chi connectivity index (χ1) is 11.6. The summed E-state index contributed by atoms with van der Waals surface area (Å²) in [6.45, 7) is 0. The second kappa shape index (κ2) is 7.83. The van der Waals surface area contributed by atoms with Gasteiger partial charge in [-0.15, -0.1) is 5.10 Å². The third-order valence-electron chi connectivity index (χ3n) is 3.34. The SMILES string of the molecule is O=C1N/C(=N/N=C/c2ccccc2)SC1Cc1cc(Cl)ccc1Cl. The van der Waals surface area contributed by atoms with E-state index in [1.807, 2.05) is 30.3 Å². The quantitative estimate of drug-likeness (QED) is 0.642. The Morgan fingerprint density at radius 1 is 1.17 bits per heavy atom. The minimum absolute atomic E-state index is 0.107. The van der Waals surface area contributed by atoms with Gasteiger partial charge < -0.3 is 5.32 Å². The zero-order valence-electron chi connectivity index (χ0n) is 12.4. The van der Waals surface area contributed by atoms with Gasteiger partial charge in [0.05, 0.1) is 11.5 Å². The van der Waals surface area contributed by atoms with E-state index in [0.29, 0.717) is 21.6 Å². The average molecular weight is 378 g/mol. The Balaban J connectivity index is 1.66. The van der Waals surface area contributed by atoms with Crippen LogP contribution in [0.15, 0.2) is 58.7 Å². The fourth-order valence-electron chi connectivity index (χ4n) is 2.17. The van der Waals surface area contributed by atoms with Crippen LogP contribution in [0.5, 0.6) is 0 Å². The Morgan fingerprint density at radius 3 is 2.75 bits per heavy atom. The van der Waals surface area contributed by atoms with Crippen molar-refractivity contribution in [2.24, 2.45) is 10.2 Å². The van der Waals surface area contributed by atoms with Gasteiger partial charge in [0.15, 0.2) is 5.17 Å². The molecule has 0 aromatic heterocycles. The molecule has 0 radical (unpaired) electrons. The van der Waals surface area contributed by atoms with Gasteiger partial charge in [0.25, 0.3) is 0 Å². The lowest BCUT2D eigenvalue weighted by Crippen LogP contribution is -2.26. The number of hydrogen-bond acceptors (Lipinski definition) is 4. The molecule has 122 valence electrons. The number of carbonyl (C=O) groups is 1. The fourth-order valence-corrected chi connectivity index (χ4v) is 3.51. The number of thioether (sulfide) groups is 1. The molecule has 2 aromatic rings. The van der Waals surface area contributed by atoms with Gasteiger partial charge >= 0.3 is 0 Å². The Bertz CT molecular complexity index is 809. The van der Waals surface area contributed by atoms with Crippen LogP contribution in [0.3, 0.4) is 0 Å². The summed E-state index contributed by atoms with van der Waals surface area (Å²) in [6.07, 6.45) is 2.12. The van der Waals surface area contributed by atoms with Gasteiger partial charge in [-0.3, -0.25) is 4.79 Å². The van der Waals surface area contributed by atoms with Crippen molar-refractivity contribution in [1.29, 1.82) is 0 Å². The van der Waals surface area contributed by atoms with Crippen molar-refractivity contribution in [2.45, 2.75) is 11.7 Å². The fraction of sp³-hybridized carbons (Fsp3) is 0.118. The maximum Gasteiger partial charge on any atom is 0.239 e. The zero-order chi connectivity index (χ0) is 16.9. The molecule has 1 N–H and O–H groups in total. The summed E-state index contributed by atoms with van der Waals surface area (Å²) >= 11 is 13.5. The molecule has 2 aromatic carbocycles. The van der Waals surface area contributed by atoms with E-state index in [1.54, 1.807) is 24.4 Å². The van der Waals surface area contributed by atoms with Crippen molar-refractivity contribution < 1.29 is 4.79 Å². The first kappa shape index (κ1) is 17.0. The molecule has 7 heteroatoms. The van der Waals surface area contributed by atoms with Gasteiger partial charge in [0.1, 0.15) is 0 Å². The van der Waals surface area contributed by atoms with E-state index in [1.165, 1.54) is 11.8 Å². The zero-order valence-corrected chi connectivity index (χ0v) is 14.8. The topological polar surface area (TPSA) is 53.8 Å². The van der Waals surface area contributed by atoms with Gasteiger partial charge in [-0.1, -0.05) is 65.3 Å². The summed E-state index contributed by atoms with van der Waals surface area (Å²) in [6, 6.07) is 14.9. The summed E-state index contributed by atoms with van der Waals surface area (Å²) in [5, 5.41) is 12.2. The summed E-state index contributed by atoms with van der Waals surface area (Å²) in [5.74, 6) is -0.107. The number of amidine groups is 1. The van der Waals surface area contributed by atoms with E-state index < -0.39 is 0 Å². The van der Waals surface area contributed by atoms with Crippen molar-refractivity contribution in [1.82, 2.24) is 5.32 Å². The number of halogens is 2. The number of amides is 1. The van der Waals surface area contributed by atoms with Crippen LogP contribution < -0.4 is 5.32 Å². The van der Waals surface area contributed by atoms with Gasteiger partial charge in [-0.05, 0) is 35.7 Å². The van der Waals surface area contributed by atoms with Crippen LogP contribution in [0.2, 0.25) is 10.0 Å². The lowest BCUT2D eigenvalue weighted by Gasteiger charge is -2.07. The van der Waals surface area contributed by atoms with Crippen LogP contribution >= 0.6 is 35.0 Å². The van der Waals surface area contributed by atoms with Crippen molar-refractivity contribution in [3.63, 3.8) is 0 Å². The molecule has 1 aliphatic rings. The van der Waals surface area contributed by atoms with Crippen LogP contribution in [0, 0.1) is 0 Å². The summed E-state index contributed by atoms with van der Waals surface area (Å²) in [5.41, 5.74) is 1.78. The van der Waals surface area contributed by atoms with Gasteiger partial charge in [0.2, 0.25) is 5.91 Å². The predicted molar refractivity (Wildman–Crippen MR) is 101 cm³/mol. The van der Waals surface area contributed by atoms with Gasteiger partial charge in [-0.2, -0.15) is 5.10 Å². The minimum Gasteiger partial charge on any atom is -0.303 e. The number of rotatable bonds is 4. The number of carbonyl (C=O) groups excluding carboxylic acids is 1. The molecule has 1 saturated heterocycles. The molecule has 1 amide bonds. The van der Waals surface area contributed by atoms with Crippen LogP contribution in [0.25, 0.3) is 0 Å². The smallest absolute Gasteiger partial charge is 0.239 e. The van der Waals surface area contributed by atoms with E-state index in [9.17, 15) is 4.79 Å². The average Bonchev–Trinajstić information content (AvgIpc) is 2.92. The van der Waals surface area contributed by atoms with E-state index in [4.69, 9.17) is 23.2 Å². The molecule has 4 nitrogen and oxygen atoms in total. The van der Waals surface area contributed by atoms with Crippen LogP contribution in [-0.2, 0) is 11.2 Å². The molecule has 0 aliphatic carbocycles. The first-order valence-electron chi connectivity index (χ1n) is 7.19. The maximum absolute atomic E-state index is 12.1. The highest BCUT2D eigenvalue weighted by molar-refractivity contribution is 8.15. The van der Waals surface area contributed by atoms with E-state index in [-0.39, 0.29) is 11.2 Å². The standard InChI is InChI=1S/C17H13Cl2N3OS/c18-13-6-7-14(19)12(8-13)9-15-16(23)21-17(24-15)22-20-10-11-4-2-1-3-5-11/h1-8,10,15H,9H2,(H,21,22,23)/b20-10+. The number of benzene rings is 2. The van der Waals surface area contributed by atoms with Crippen molar-refractivity contribution in [3.05, 3.63) is 69.7 Å². The Morgan fingerprint density at radius 2 is 1.96 bits per heavy atom. The number of hydrogen-bond donors (Lipinski definition) is 1. The number of nitrogens with one attached hydrogen (secondary N) is 1. The third kappa shape index (κ3) is 4.38. The lowest BCUT2D eigenvalue weighted by molar-refractivity contribution is -0.118. The molecule has 1 unspecified atom stereocenters. The molecule has 1 heterocycles. The molecule has 24 heavy (non-hydrogen) atoms. The molecule has 0 saturated carbocycles. The lowest BCUT2D eigenvalue weighted by atomic mass is 10.1. The van der Waals surface area contributed by atoms with Crippen LogP contribution in [0.4, 0.5) is 0 Å². The minimum atomic E-state index is -0.299. The molecule has 0 spiro atoms. The van der Waals surface area contributed by atoms with E-state index in [0.717, 1.165) is 11.1 Å². The summed E-state index contributed by atoms with van der Waals surface area (Å²) < 4.78 is 0. The second-order valence-corrected chi connectivity index (χ2v) is 7.13. The molecule has 0 bridgehead atoms. The predicted octanol–water partition coefficient (Wildman–Crippen LogP) is 4.16. The Labute approximate surface area is 154 Å². The monoisotopic (exact) mass is 377 g/mol. The second-order valence-electron chi connectivity index (χ2n) is 5.10. The van der Waals surface area contributed by atoms with Gasteiger partial charge in [-0.25, -0.2) is 0 Å². The maximum atomic E-state index is 12.1. The normalized spacial score (nSPS) is 19.2. The van der Waals surface area contributed by atoms with Crippen LogP contribution in [-0.4, -0.2) is 22.5 Å². The first-order valence-corrected chi connectivity index (χ1v) is 8.83. The highest BCUT2D eigenvalue weighted by Gasteiger charge is 2.31. The van der Waals surface area contributed by atoms with Crippen molar-refractivity contribution in [2.75, 3.05) is 0 Å². The molecular weight excluding hydrogens is 365 g/mol. The van der Waals surface area contributed by atoms with Crippen molar-refractivity contribution >= 4 is 52.3 Å².